The van der Waals surface area contributed by atoms with Crippen LogP contribution in [0.4, 0.5) is 5.69 Å². The third kappa shape index (κ3) is 3.19. The molecule has 0 aliphatic rings. The van der Waals surface area contributed by atoms with E-state index in [0.717, 1.165) is 11.3 Å². The van der Waals surface area contributed by atoms with Gasteiger partial charge in [0.25, 0.3) is 5.56 Å². The Hall–Kier alpha value is -2.15. The molecule has 0 aliphatic heterocycles. The SMILES string of the molecule is COc1ccccc1C=NNc1cn[nH]c(=O)c1Br. The van der Waals surface area contributed by atoms with Crippen molar-refractivity contribution in [1.82, 2.24) is 10.2 Å². The lowest BCUT2D eigenvalue weighted by molar-refractivity contribution is 0.414. The number of aromatic amines is 1. The lowest BCUT2D eigenvalue weighted by Gasteiger charge is -2.04. The van der Waals surface area contributed by atoms with Crippen molar-refractivity contribution in [3.8, 4) is 5.75 Å². The fourth-order valence-electron chi connectivity index (χ4n) is 1.41. The van der Waals surface area contributed by atoms with Crippen LogP contribution in [0, 0.1) is 0 Å². The molecule has 0 unspecified atom stereocenters. The van der Waals surface area contributed by atoms with Crippen molar-refractivity contribution in [2.24, 2.45) is 5.10 Å². The second kappa shape index (κ2) is 6.14. The Labute approximate surface area is 117 Å². The maximum Gasteiger partial charge on any atom is 0.280 e. The van der Waals surface area contributed by atoms with E-state index in [-0.39, 0.29) is 5.56 Å². The zero-order chi connectivity index (χ0) is 13.7. The maximum absolute atomic E-state index is 11.3. The van der Waals surface area contributed by atoms with Gasteiger partial charge >= 0.3 is 0 Å². The number of hydrogen-bond donors (Lipinski definition) is 2. The molecule has 6 nitrogen and oxygen atoms in total. The molecular formula is C12H11BrN4O2. The smallest absolute Gasteiger partial charge is 0.280 e. The fraction of sp³-hybridized carbons (Fsp3) is 0.0833. The van der Waals surface area contributed by atoms with Crippen LogP contribution in [0.2, 0.25) is 0 Å². The first-order chi connectivity index (χ1) is 9.22. The van der Waals surface area contributed by atoms with Gasteiger partial charge in [0.2, 0.25) is 0 Å². The van der Waals surface area contributed by atoms with Crippen LogP contribution in [0.15, 0.2) is 44.8 Å². The monoisotopic (exact) mass is 322 g/mol. The number of anilines is 1. The van der Waals surface area contributed by atoms with E-state index in [0.29, 0.717) is 10.2 Å². The van der Waals surface area contributed by atoms with Crippen molar-refractivity contribution in [2.75, 3.05) is 12.5 Å². The number of methoxy groups -OCH3 is 1. The average Bonchev–Trinajstić information content (AvgIpc) is 2.44. The number of hydrogen-bond acceptors (Lipinski definition) is 5. The number of H-pyrrole nitrogens is 1. The Morgan fingerprint density at radius 2 is 2.26 bits per heavy atom. The van der Waals surface area contributed by atoms with E-state index in [1.54, 1.807) is 13.3 Å². The van der Waals surface area contributed by atoms with Gasteiger partial charge in [0.1, 0.15) is 10.2 Å². The van der Waals surface area contributed by atoms with Gasteiger partial charge in [0.15, 0.2) is 0 Å². The molecule has 0 saturated carbocycles. The van der Waals surface area contributed by atoms with E-state index >= 15 is 0 Å². The molecule has 0 fully saturated rings. The molecule has 7 heteroatoms. The Morgan fingerprint density at radius 1 is 1.47 bits per heavy atom. The van der Waals surface area contributed by atoms with E-state index in [4.69, 9.17) is 4.74 Å². The van der Waals surface area contributed by atoms with Gasteiger partial charge in [-0.3, -0.25) is 10.2 Å². The van der Waals surface area contributed by atoms with Crippen LogP contribution < -0.4 is 15.7 Å². The van der Waals surface area contributed by atoms with Gasteiger partial charge in [0.05, 0.1) is 25.2 Å². The minimum absolute atomic E-state index is 0.322. The second-order valence-electron chi connectivity index (χ2n) is 3.54. The first-order valence-electron chi connectivity index (χ1n) is 5.37. The first kappa shape index (κ1) is 13.3. The minimum atomic E-state index is -0.322. The van der Waals surface area contributed by atoms with Crippen molar-refractivity contribution in [3.63, 3.8) is 0 Å². The van der Waals surface area contributed by atoms with Gasteiger partial charge in [-0.15, -0.1) is 0 Å². The van der Waals surface area contributed by atoms with Crippen LogP contribution in [-0.4, -0.2) is 23.5 Å². The molecule has 1 aromatic heterocycles. The molecule has 19 heavy (non-hydrogen) atoms. The van der Waals surface area contributed by atoms with Crippen molar-refractivity contribution >= 4 is 27.8 Å². The van der Waals surface area contributed by atoms with E-state index < -0.39 is 0 Å². The number of para-hydroxylation sites is 1. The number of nitrogens with zero attached hydrogens (tertiary/aromatic N) is 2. The Bertz CT molecular complexity index is 654. The van der Waals surface area contributed by atoms with Crippen LogP contribution in [0.1, 0.15) is 5.56 Å². The summed E-state index contributed by atoms with van der Waals surface area (Å²) in [6.45, 7) is 0. The van der Waals surface area contributed by atoms with Gasteiger partial charge in [-0.25, -0.2) is 5.10 Å². The standard InChI is InChI=1S/C12H11BrN4O2/c1-19-10-5-3-2-4-8(10)6-14-16-9-7-15-17-12(18)11(9)13/h2-7H,1H3,(H2,16,17,18). The lowest BCUT2D eigenvalue weighted by atomic mass is 10.2. The number of rotatable bonds is 4. The summed E-state index contributed by atoms with van der Waals surface area (Å²) in [4.78, 5) is 11.3. The molecule has 0 bridgehead atoms. The van der Waals surface area contributed by atoms with Crippen molar-refractivity contribution in [1.29, 1.82) is 0 Å². The molecule has 1 aromatic carbocycles. The van der Waals surface area contributed by atoms with E-state index in [1.165, 1.54) is 6.20 Å². The molecule has 0 spiro atoms. The van der Waals surface area contributed by atoms with Gasteiger partial charge < -0.3 is 4.74 Å². The summed E-state index contributed by atoms with van der Waals surface area (Å²) in [6.07, 6.45) is 3.07. The number of nitrogens with one attached hydrogen (secondary N) is 2. The summed E-state index contributed by atoms with van der Waals surface area (Å²) >= 11 is 3.15. The van der Waals surface area contributed by atoms with Gasteiger partial charge in [-0.2, -0.15) is 10.2 Å². The predicted octanol–water partition coefficient (Wildman–Crippen LogP) is 1.99. The molecular weight excluding hydrogens is 312 g/mol. The summed E-state index contributed by atoms with van der Waals surface area (Å²) < 4.78 is 5.54. The van der Waals surface area contributed by atoms with E-state index in [9.17, 15) is 4.79 Å². The van der Waals surface area contributed by atoms with Crippen LogP contribution in [0.5, 0.6) is 5.75 Å². The molecule has 0 radical (unpaired) electrons. The van der Waals surface area contributed by atoms with E-state index in [2.05, 4.69) is 36.7 Å². The Balaban J connectivity index is 2.16. The molecule has 2 aromatic rings. The first-order valence-corrected chi connectivity index (χ1v) is 6.17. The number of hydrazone groups is 1. The van der Waals surface area contributed by atoms with Crippen molar-refractivity contribution < 1.29 is 4.74 Å². The number of halogens is 1. The number of ether oxygens (including phenoxy) is 1. The summed E-state index contributed by atoms with van der Waals surface area (Å²) in [5.41, 5.74) is 3.72. The highest BCUT2D eigenvalue weighted by Gasteiger charge is 2.02. The molecule has 0 atom stereocenters. The number of benzene rings is 1. The molecule has 1 heterocycles. The zero-order valence-electron chi connectivity index (χ0n) is 10.1. The minimum Gasteiger partial charge on any atom is -0.496 e. The topological polar surface area (TPSA) is 79.4 Å². The van der Waals surface area contributed by atoms with Crippen LogP contribution in [-0.2, 0) is 0 Å². The molecule has 2 N–H and O–H groups in total. The van der Waals surface area contributed by atoms with Crippen molar-refractivity contribution in [3.05, 3.63) is 50.9 Å². The summed E-state index contributed by atoms with van der Waals surface area (Å²) in [5.74, 6) is 0.719. The highest BCUT2D eigenvalue weighted by atomic mass is 79.9. The van der Waals surface area contributed by atoms with E-state index in [1.807, 2.05) is 24.3 Å². The zero-order valence-corrected chi connectivity index (χ0v) is 11.6. The van der Waals surface area contributed by atoms with Crippen molar-refractivity contribution in [2.45, 2.75) is 0 Å². The fourth-order valence-corrected chi connectivity index (χ4v) is 1.69. The van der Waals surface area contributed by atoms with Crippen LogP contribution >= 0.6 is 15.9 Å². The third-order valence-electron chi connectivity index (χ3n) is 2.32. The Morgan fingerprint density at radius 3 is 3.05 bits per heavy atom. The Kier molecular flexibility index (Phi) is 4.30. The molecule has 2 rings (SSSR count). The van der Waals surface area contributed by atoms with Gasteiger partial charge in [-0.1, -0.05) is 12.1 Å². The predicted molar refractivity (Wildman–Crippen MR) is 76.8 cm³/mol. The number of aromatic nitrogens is 2. The average molecular weight is 323 g/mol. The third-order valence-corrected chi connectivity index (χ3v) is 3.11. The normalized spacial score (nSPS) is 10.6. The highest BCUT2D eigenvalue weighted by molar-refractivity contribution is 9.10. The summed E-state index contributed by atoms with van der Waals surface area (Å²) in [7, 11) is 1.59. The molecule has 98 valence electrons. The molecule has 0 amide bonds. The van der Waals surface area contributed by atoms with Crippen LogP contribution in [0.25, 0.3) is 0 Å². The quantitative estimate of drug-likeness (QED) is 0.666. The molecule has 0 saturated heterocycles. The highest BCUT2D eigenvalue weighted by Crippen LogP contribution is 2.17. The largest absolute Gasteiger partial charge is 0.496 e. The maximum atomic E-state index is 11.3. The summed E-state index contributed by atoms with van der Waals surface area (Å²) in [5, 5.41) is 10.0. The van der Waals surface area contributed by atoms with Gasteiger partial charge in [-0.05, 0) is 28.1 Å². The van der Waals surface area contributed by atoms with Gasteiger partial charge in [0, 0.05) is 5.56 Å². The lowest BCUT2D eigenvalue weighted by Crippen LogP contribution is -2.10. The van der Waals surface area contributed by atoms with Crippen LogP contribution in [0.3, 0.4) is 0 Å². The molecule has 0 aliphatic carbocycles. The summed E-state index contributed by atoms with van der Waals surface area (Å²) in [6, 6.07) is 7.47. The second-order valence-corrected chi connectivity index (χ2v) is 4.33.